The van der Waals surface area contributed by atoms with Crippen LogP contribution in [0.1, 0.15) is 22.0 Å². The van der Waals surface area contributed by atoms with Crippen LogP contribution in [0.4, 0.5) is 5.69 Å². The summed E-state index contributed by atoms with van der Waals surface area (Å²) in [5, 5.41) is 2.84. The van der Waals surface area contributed by atoms with E-state index in [9.17, 15) is 14.4 Å². The normalized spacial score (nSPS) is 17.7. The second-order valence-electron chi connectivity index (χ2n) is 6.03. The summed E-state index contributed by atoms with van der Waals surface area (Å²) < 4.78 is 9.81. The van der Waals surface area contributed by atoms with E-state index in [2.05, 4.69) is 0 Å². The number of nitrogens with zero attached hydrogens (tertiary/aromatic N) is 2. The molecule has 2 aliphatic heterocycles. The highest BCUT2D eigenvalue weighted by Gasteiger charge is 2.53. The highest BCUT2D eigenvalue weighted by atomic mass is 16.5. The highest BCUT2D eigenvalue weighted by Crippen LogP contribution is 2.48. The number of hydrogen-bond acceptors (Lipinski definition) is 6. The number of hydrazine groups is 1. The Balaban J connectivity index is 2.03. The van der Waals surface area contributed by atoms with Crippen molar-refractivity contribution in [3.05, 3.63) is 77.0 Å². The van der Waals surface area contributed by atoms with E-state index in [1.807, 2.05) is 18.2 Å². The van der Waals surface area contributed by atoms with E-state index in [0.717, 1.165) is 0 Å². The molecule has 0 aliphatic carbocycles. The molecule has 1 atom stereocenters. The number of carbonyl (C=O) groups is 3. The van der Waals surface area contributed by atoms with Gasteiger partial charge in [-0.25, -0.2) is 14.6 Å². The van der Waals surface area contributed by atoms with Crippen molar-refractivity contribution in [3.63, 3.8) is 0 Å². The lowest BCUT2D eigenvalue weighted by Crippen LogP contribution is -2.48. The lowest BCUT2D eigenvalue weighted by Gasteiger charge is -2.39. The number of benzene rings is 2. The van der Waals surface area contributed by atoms with Gasteiger partial charge >= 0.3 is 11.9 Å². The van der Waals surface area contributed by atoms with E-state index in [1.165, 1.54) is 19.2 Å². The fourth-order valence-electron chi connectivity index (χ4n) is 3.58. The van der Waals surface area contributed by atoms with Crippen LogP contribution < -0.4 is 5.01 Å². The molecule has 2 aliphatic rings. The number of esters is 2. The fourth-order valence-corrected chi connectivity index (χ4v) is 3.58. The van der Waals surface area contributed by atoms with Crippen molar-refractivity contribution in [2.45, 2.75) is 6.04 Å². The molecule has 1 unspecified atom stereocenters. The Labute approximate surface area is 155 Å². The van der Waals surface area contributed by atoms with E-state index in [0.29, 0.717) is 16.8 Å². The molecule has 0 spiro atoms. The summed E-state index contributed by atoms with van der Waals surface area (Å²) in [6, 6.07) is 15.4. The van der Waals surface area contributed by atoms with Crippen LogP contribution in [-0.4, -0.2) is 37.1 Å². The van der Waals surface area contributed by atoms with Gasteiger partial charge in [0.25, 0.3) is 5.91 Å². The Hall–Kier alpha value is -3.61. The summed E-state index contributed by atoms with van der Waals surface area (Å²) in [6.07, 6.45) is 0. The monoisotopic (exact) mass is 364 g/mol. The molecule has 4 rings (SSSR count). The minimum Gasteiger partial charge on any atom is -0.466 e. The van der Waals surface area contributed by atoms with Gasteiger partial charge in [-0.1, -0.05) is 36.4 Å². The predicted molar refractivity (Wildman–Crippen MR) is 95.3 cm³/mol. The number of anilines is 1. The van der Waals surface area contributed by atoms with Gasteiger partial charge in [-0.05, 0) is 23.8 Å². The van der Waals surface area contributed by atoms with E-state index in [1.54, 1.807) is 41.4 Å². The quantitative estimate of drug-likeness (QED) is 0.778. The first-order chi connectivity index (χ1) is 13.1. The van der Waals surface area contributed by atoms with Crippen LogP contribution in [0, 0.1) is 0 Å². The van der Waals surface area contributed by atoms with Gasteiger partial charge in [0.1, 0.15) is 6.04 Å². The third kappa shape index (κ3) is 2.32. The van der Waals surface area contributed by atoms with Crippen LogP contribution in [0.25, 0.3) is 0 Å². The summed E-state index contributed by atoms with van der Waals surface area (Å²) >= 11 is 0. The fraction of sp³-hybridized carbons (Fsp3) is 0.150. The number of hydrogen-bond donors (Lipinski definition) is 0. The molecule has 0 N–H and O–H groups in total. The second kappa shape index (κ2) is 6.28. The van der Waals surface area contributed by atoms with Gasteiger partial charge in [0.2, 0.25) is 0 Å². The third-order valence-corrected chi connectivity index (χ3v) is 4.68. The summed E-state index contributed by atoms with van der Waals surface area (Å²) in [7, 11) is 2.44. The predicted octanol–water partition coefficient (Wildman–Crippen LogP) is 2.22. The zero-order valence-corrected chi connectivity index (χ0v) is 14.7. The van der Waals surface area contributed by atoms with E-state index in [-0.39, 0.29) is 11.3 Å². The lowest BCUT2D eigenvalue weighted by atomic mass is 9.93. The molecular weight excluding hydrogens is 348 g/mol. The first kappa shape index (κ1) is 16.8. The van der Waals surface area contributed by atoms with Gasteiger partial charge in [-0.2, -0.15) is 0 Å². The van der Waals surface area contributed by atoms with Crippen molar-refractivity contribution in [2.75, 3.05) is 19.2 Å². The maximum absolute atomic E-state index is 13.2. The Morgan fingerprint density at radius 2 is 1.52 bits per heavy atom. The number of ether oxygens (including phenoxy) is 2. The van der Waals surface area contributed by atoms with Crippen molar-refractivity contribution in [1.82, 2.24) is 5.01 Å². The van der Waals surface area contributed by atoms with Crippen molar-refractivity contribution >= 4 is 23.5 Å². The molecular formula is C20H16N2O5. The first-order valence-corrected chi connectivity index (χ1v) is 8.28. The maximum Gasteiger partial charge on any atom is 0.357 e. The first-order valence-electron chi connectivity index (χ1n) is 8.28. The average Bonchev–Trinajstić information content (AvgIpc) is 3.03. The van der Waals surface area contributed by atoms with Gasteiger partial charge in [-0.15, -0.1) is 0 Å². The van der Waals surface area contributed by atoms with Crippen LogP contribution >= 0.6 is 0 Å². The summed E-state index contributed by atoms with van der Waals surface area (Å²) in [4.78, 5) is 38.4. The average molecular weight is 364 g/mol. The topological polar surface area (TPSA) is 76.2 Å². The molecule has 7 nitrogen and oxygen atoms in total. The molecule has 0 radical (unpaired) electrons. The zero-order valence-electron chi connectivity index (χ0n) is 14.7. The Morgan fingerprint density at radius 3 is 2.19 bits per heavy atom. The number of methoxy groups -OCH3 is 2. The van der Waals surface area contributed by atoms with Crippen molar-refractivity contribution < 1.29 is 23.9 Å². The van der Waals surface area contributed by atoms with Crippen LogP contribution in [-0.2, 0) is 19.1 Å². The SMILES string of the molecule is COC(=O)C1=C(C(=O)OC)N2C(=O)c3ccccc3C1N2c1ccccc1. The second-order valence-corrected chi connectivity index (χ2v) is 6.03. The molecule has 2 bridgehead atoms. The van der Waals surface area contributed by atoms with E-state index >= 15 is 0 Å². The molecule has 27 heavy (non-hydrogen) atoms. The molecule has 0 aromatic heterocycles. The minimum absolute atomic E-state index is 0.0755. The van der Waals surface area contributed by atoms with Gasteiger partial charge in [-0.3, -0.25) is 9.80 Å². The highest BCUT2D eigenvalue weighted by molar-refractivity contribution is 6.12. The molecule has 2 heterocycles. The number of carbonyl (C=O) groups excluding carboxylic acids is 3. The summed E-state index contributed by atoms with van der Waals surface area (Å²) in [5.74, 6) is -1.88. The van der Waals surface area contributed by atoms with Gasteiger partial charge in [0.05, 0.1) is 25.5 Å². The smallest absolute Gasteiger partial charge is 0.357 e. The van der Waals surface area contributed by atoms with E-state index < -0.39 is 23.9 Å². The number of amides is 1. The molecule has 0 fully saturated rings. The van der Waals surface area contributed by atoms with Gasteiger partial charge in [0.15, 0.2) is 5.70 Å². The van der Waals surface area contributed by atoms with Gasteiger partial charge in [0, 0.05) is 5.56 Å². The molecule has 0 saturated carbocycles. The minimum atomic E-state index is -0.778. The van der Waals surface area contributed by atoms with Crippen LogP contribution in [0.5, 0.6) is 0 Å². The maximum atomic E-state index is 13.2. The summed E-state index contributed by atoms with van der Waals surface area (Å²) in [5.41, 5.74) is 1.66. The Bertz CT molecular complexity index is 983. The van der Waals surface area contributed by atoms with Gasteiger partial charge < -0.3 is 9.47 Å². The molecule has 1 amide bonds. The van der Waals surface area contributed by atoms with Crippen molar-refractivity contribution in [1.29, 1.82) is 0 Å². The van der Waals surface area contributed by atoms with Crippen LogP contribution in [0.15, 0.2) is 65.9 Å². The number of rotatable bonds is 3. The molecule has 2 aromatic rings. The molecule has 7 heteroatoms. The van der Waals surface area contributed by atoms with E-state index in [4.69, 9.17) is 9.47 Å². The van der Waals surface area contributed by atoms with Crippen LogP contribution in [0.3, 0.4) is 0 Å². The largest absolute Gasteiger partial charge is 0.466 e. The molecule has 2 aromatic carbocycles. The Kier molecular flexibility index (Phi) is 3.92. The molecule has 0 saturated heterocycles. The lowest BCUT2D eigenvalue weighted by molar-refractivity contribution is -0.140. The zero-order chi connectivity index (χ0) is 19.1. The Morgan fingerprint density at radius 1 is 0.889 bits per heavy atom. The molecule has 136 valence electrons. The standard InChI is InChI=1S/C20H16N2O5/c1-26-19(24)15-16-13-10-6-7-11-14(13)18(23)22(17(15)20(25)27-2)21(16)12-8-4-3-5-9-12/h3-11,16H,1-2H3. The number of fused-ring (bicyclic) bond motifs is 4. The third-order valence-electron chi connectivity index (χ3n) is 4.68. The number of para-hydroxylation sites is 1. The van der Waals surface area contributed by atoms with Crippen molar-refractivity contribution in [3.8, 4) is 0 Å². The van der Waals surface area contributed by atoms with Crippen molar-refractivity contribution in [2.24, 2.45) is 0 Å². The summed E-state index contributed by atoms with van der Waals surface area (Å²) in [6.45, 7) is 0. The van der Waals surface area contributed by atoms with Crippen LogP contribution in [0.2, 0.25) is 0 Å².